The zero-order valence-electron chi connectivity index (χ0n) is 9.97. The lowest BCUT2D eigenvalue weighted by Gasteiger charge is -2.01. The number of carbonyl (C=O) groups is 1. The second-order valence-corrected chi connectivity index (χ2v) is 4.55. The highest BCUT2D eigenvalue weighted by Gasteiger charge is 2.08. The number of aromatic amines is 1. The third kappa shape index (κ3) is 3.30. The Morgan fingerprint density at radius 1 is 1.61 bits per heavy atom. The fourth-order valence-electron chi connectivity index (χ4n) is 1.44. The van der Waals surface area contributed by atoms with Gasteiger partial charge in [-0.3, -0.25) is 9.89 Å². The first-order chi connectivity index (χ1) is 8.79. The number of ether oxygens (including phenoxy) is 1. The topological polar surface area (TPSA) is 79.9 Å². The first-order valence-electron chi connectivity index (χ1n) is 5.54. The SMILES string of the molecule is COc1csc(C(=O)NCCCc2ncn[nH]2)c1. The number of thiophene rings is 1. The number of carbonyl (C=O) groups excluding carboxylic acids is 1. The Kier molecular flexibility index (Phi) is 4.30. The summed E-state index contributed by atoms with van der Waals surface area (Å²) in [6, 6.07) is 1.73. The van der Waals surface area contributed by atoms with Crippen molar-refractivity contribution in [3.63, 3.8) is 0 Å². The van der Waals surface area contributed by atoms with Crippen molar-refractivity contribution in [2.75, 3.05) is 13.7 Å². The number of H-pyrrole nitrogens is 1. The molecule has 0 aliphatic rings. The van der Waals surface area contributed by atoms with E-state index in [0.29, 0.717) is 17.2 Å². The third-order valence-electron chi connectivity index (χ3n) is 2.38. The van der Waals surface area contributed by atoms with E-state index in [9.17, 15) is 4.79 Å². The molecule has 2 N–H and O–H groups in total. The van der Waals surface area contributed by atoms with Crippen LogP contribution in [0.25, 0.3) is 0 Å². The van der Waals surface area contributed by atoms with Gasteiger partial charge in [-0.1, -0.05) is 0 Å². The van der Waals surface area contributed by atoms with Gasteiger partial charge in [-0.25, -0.2) is 4.98 Å². The van der Waals surface area contributed by atoms with Crippen LogP contribution in [-0.2, 0) is 6.42 Å². The molecule has 0 bridgehead atoms. The van der Waals surface area contributed by atoms with Crippen LogP contribution in [-0.4, -0.2) is 34.7 Å². The molecule has 0 saturated heterocycles. The summed E-state index contributed by atoms with van der Waals surface area (Å²) in [5.41, 5.74) is 0. The van der Waals surface area contributed by atoms with Crippen LogP contribution in [0.1, 0.15) is 21.9 Å². The molecule has 2 rings (SSSR count). The van der Waals surface area contributed by atoms with E-state index >= 15 is 0 Å². The van der Waals surface area contributed by atoms with E-state index in [1.54, 1.807) is 13.2 Å². The van der Waals surface area contributed by atoms with Gasteiger partial charge in [0, 0.05) is 24.4 Å². The molecule has 0 unspecified atom stereocenters. The highest BCUT2D eigenvalue weighted by atomic mass is 32.1. The Balaban J connectivity index is 1.71. The fraction of sp³-hybridized carbons (Fsp3) is 0.364. The first kappa shape index (κ1) is 12.6. The number of aryl methyl sites for hydroxylation is 1. The fourth-order valence-corrected chi connectivity index (χ4v) is 2.21. The van der Waals surface area contributed by atoms with E-state index < -0.39 is 0 Å². The molecular weight excluding hydrogens is 252 g/mol. The van der Waals surface area contributed by atoms with Crippen LogP contribution in [0.4, 0.5) is 0 Å². The highest BCUT2D eigenvalue weighted by molar-refractivity contribution is 7.12. The van der Waals surface area contributed by atoms with Crippen LogP contribution in [0.15, 0.2) is 17.8 Å². The maximum absolute atomic E-state index is 11.7. The quantitative estimate of drug-likeness (QED) is 0.771. The zero-order valence-corrected chi connectivity index (χ0v) is 10.8. The minimum absolute atomic E-state index is 0.0686. The number of hydrogen-bond acceptors (Lipinski definition) is 5. The third-order valence-corrected chi connectivity index (χ3v) is 3.28. The molecule has 6 nitrogen and oxygen atoms in total. The van der Waals surface area contributed by atoms with Crippen molar-refractivity contribution < 1.29 is 9.53 Å². The molecule has 1 amide bonds. The van der Waals surface area contributed by atoms with E-state index in [4.69, 9.17) is 4.74 Å². The minimum atomic E-state index is -0.0686. The molecule has 0 spiro atoms. The molecule has 0 aromatic carbocycles. The minimum Gasteiger partial charge on any atom is -0.496 e. The summed E-state index contributed by atoms with van der Waals surface area (Å²) in [5, 5.41) is 11.2. The second kappa shape index (κ2) is 6.15. The first-order valence-corrected chi connectivity index (χ1v) is 6.42. The zero-order chi connectivity index (χ0) is 12.8. The molecule has 0 saturated carbocycles. The molecule has 0 atom stereocenters. The molecule has 2 aromatic heterocycles. The van der Waals surface area contributed by atoms with Gasteiger partial charge in [0.05, 0.1) is 12.0 Å². The number of nitrogens with zero attached hydrogens (tertiary/aromatic N) is 2. The number of hydrogen-bond donors (Lipinski definition) is 2. The average Bonchev–Trinajstić information content (AvgIpc) is 3.05. The van der Waals surface area contributed by atoms with E-state index in [1.807, 2.05) is 5.38 Å². The van der Waals surface area contributed by atoms with Crippen molar-refractivity contribution in [1.82, 2.24) is 20.5 Å². The maximum atomic E-state index is 11.7. The van der Waals surface area contributed by atoms with Crippen molar-refractivity contribution in [2.24, 2.45) is 0 Å². The van der Waals surface area contributed by atoms with E-state index in [0.717, 1.165) is 18.7 Å². The molecule has 2 aromatic rings. The van der Waals surface area contributed by atoms with Crippen LogP contribution in [0.5, 0.6) is 5.75 Å². The van der Waals surface area contributed by atoms with Crippen LogP contribution in [0, 0.1) is 0 Å². The van der Waals surface area contributed by atoms with E-state index in [2.05, 4.69) is 20.5 Å². The van der Waals surface area contributed by atoms with Gasteiger partial charge in [0.15, 0.2) is 0 Å². The molecule has 2 heterocycles. The molecule has 18 heavy (non-hydrogen) atoms. The molecule has 96 valence electrons. The van der Waals surface area contributed by atoms with Gasteiger partial charge in [0.2, 0.25) is 0 Å². The van der Waals surface area contributed by atoms with Crippen molar-refractivity contribution in [1.29, 1.82) is 0 Å². The smallest absolute Gasteiger partial charge is 0.261 e. The Morgan fingerprint density at radius 2 is 2.50 bits per heavy atom. The van der Waals surface area contributed by atoms with E-state index in [-0.39, 0.29) is 5.91 Å². The lowest BCUT2D eigenvalue weighted by Crippen LogP contribution is -2.23. The van der Waals surface area contributed by atoms with Gasteiger partial charge in [0.1, 0.15) is 17.9 Å². The van der Waals surface area contributed by atoms with Crippen molar-refractivity contribution in [3.8, 4) is 5.75 Å². The summed E-state index contributed by atoms with van der Waals surface area (Å²) < 4.78 is 5.03. The molecular formula is C11H14N4O2S. The van der Waals surface area contributed by atoms with Gasteiger partial charge >= 0.3 is 0 Å². The monoisotopic (exact) mass is 266 g/mol. The number of nitrogens with one attached hydrogen (secondary N) is 2. The maximum Gasteiger partial charge on any atom is 0.261 e. The Bertz CT molecular complexity index is 495. The lowest BCUT2D eigenvalue weighted by molar-refractivity contribution is 0.0957. The van der Waals surface area contributed by atoms with Crippen LogP contribution in [0.2, 0.25) is 0 Å². The predicted octanol–water partition coefficient (Wildman–Crippen LogP) is 1.24. The van der Waals surface area contributed by atoms with Gasteiger partial charge in [0.25, 0.3) is 5.91 Å². The number of rotatable bonds is 6. The number of amides is 1. The number of methoxy groups -OCH3 is 1. The number of aromatic nitrogens is 3. The summed E-state index contributed by atoms with van der Waals surface area (Å²) in [4.78, 5) is 16.4. The predicted molar refractivity (Wildman–Crippen MR) is 67.9 cm³/mol. The average molecular weight is 266 g/mol. The van der Waals surface area contributed by atoms with Gasteiger partial charge in [-0.05, 0) is 6.42 Å². The molecule has 0 aliphatic heterocycles. The Labute approximate surface area is 108 Å². The summed E-state index contributed by atoms with van der Waals surface area (Å²) in [6.45, 7) is 0.611. The summed E-state index contributed by atoms with van der Waals surface area (Å²) in [5.74, 6) is 1.48. The Morgan fingerprint density at radius 3 is 3.17 bits per heavy atom. The molecule has 0 radical (unpaired) electrons. The van der Waals surface area contributed by atoms with E-state index in [1.165, 1.54) is 17.7 Å². The van der Waals surface area contributed by atoms with Gasteiger partial charge in [-0.15, -0.1) is 11.3 Å². The lowest BCUT2D eigenvalue weighted by atomic mass is 10.3. The van der Waals surface area contributed by atoms with Crippen LogP contribution >= 0.6 is 11.3 Å². The summed E-state index contributed by atoms with van der Waals surface area (Å²) >= 11 is 1.37. The standard InChI is InChI=1S/C11H14N4O2S/c1-17-8-5-9(18-6-8)11(16)12-4-2-3-10-13-7-14-15-10/h5-7H,2-4H2,1H3,(H,12,16)(H,13,14,15). The van der Waals surface area contributed by atoms with Crippen molar-refractivity contribution in [3.05, 3.63) is 28.5 Å². The van der Waals surface area contributed by atoms with Crippen molar-refractivity contribution >= 4 is 17.2 Å². The largest absolute Gasteiger partial charge is 0.496 e. The molecule has 0 fully saturated rings. The normalized spacial score (nSPS) is 10.3. The molecule has 0 aliphatic carbocycles. The molecule has 7 heteroatoms. The highest BCUT2D eigenvalue weighted by Crippen LogP contribution is 2.20. The van der Waals surface area contributed by atoms with Gasteiger partial charge < -0.3 is 10.1 Å². The van der Waals surface area contributed by atoms with Crippen LogP contribution in [0.3, 0.4) is 0 Å². The Hall–Kier alpha value is -1.89. The summed E-state index contributed by atoms with van der Waals surface area (Å²) in [7, 11) is 1.58. The van der Waals surface area contributed by atoms with Crippen LogP contribution < -0.4 is 10.1 Å². The second-order valence-electron chi connectivity index (χ2n) is 3.64. The van der Waals surface area contributed by atoms with Gasteiger partial charge in [-0.2, -0.15) is 5.10 Å². The van der Waals surface area contributed by atoms with Crippen molar-refractivity contribution in [2.45, 2.75) is 12.8 Å². The summed E-state index contributed by atoms with van der Waals surface area (Å²) in [6.07, 6.45) is 3.07.